The van der Waals surface area contributed by atoms with E-state index in [1.165, 1.54) is 18.9 Å². The largest absolute Gasteiger partial charge is 0.497 e. The molecule has 0 spiro atoms. The van der Waals surface area contributed by atoms with Crippen LogP contribution in [0.3, 0.4) is 0 Å². The van der Waals surface area contributed by atoms with Gasteiger partial charge in [0.2, 0.25) is 0 Å². The number of amides is 1. The SMILES string of the molecule is COC(=O)[C@@H](CC(C)C)NC(=O)COC(=O)CSc1ccc(OC)cc1. The van der Waals surface area contributed by atoms with Crippen molar-refractivity contribution in [3.05, 3.63) is 24.3 Å². The molecule has 26 heavy (non-hydrogen) atoms. The molecule has 1 N–H and O–H groups in total. The molecule has 144 valence electrons. The summed E-state index contributed by atoms with van der Waals surface area (Å²) >= 11 is 1.29. The van der Waals surface area contributed by atoms with Gasteiger partial charge in [-0.05, 0) is 36.6 Å². The average Bonchev–Trinajstić information content (AvgIpc) is 2.63. The zero-order valence-electron chi connectivity index (χ0n) is 15.4. The molecule has 7 nitrogen and oxygen atoms in total. The topological polar surface area (TPSA) is 90.9 Å². The number of ether oxygens (including phenoxy) is 3. The number of esters is 2. The highest BCUT2D eigenvalue weighted by atomic mass is 32.2. The van der Waals surface area contributed by atoms with Gasteiger partial charge in [0.25, 0.3) is 5.91 Å². The summed E-state index contributed by atoms with van der Waals surface area (Å²) < 4.78 is 14.7. The molecule has 1 aromatic rings. The minimum Gasteiger partial charge on any atom is -0.497 e. The van der Waals surface area contributed by atoms with Crippen LogP contribution in [0.5, 0.6) is 5.75 Å². The number of thioether (sulfide) groups is 1. The maximum absolute atomic E-state index is 11.9. The molecule has 8 heteroatoms. The van der Waals surface area contributed by atoms with Crippen LogP contribution >= 0.6 is 11.8 Å². The summed E-state index contributed by atoms with van der Waals surface area (Å²) in [5, 5.41) is 2.53. The second-order valence-corrected chi connectivity index (χ2v) is 6.95. The molecule has 1 amide bonds. The first-order valence-electron chi connectivity index (χ1n) is 8.15. The first kappa shape index (κ1) is 21.8. The van der Waals surface area contributed by atoms with Crippen LogP contribution in [0.1, 0.15) is 20.3 Å². The van der Waals surface area contributed by atoms with E-state index in [4.69, 9.17) is 9.47 Å². The number of hydrogen-bond donors (Lipinski definition) is 1. The Morgan fingerprint density at radius 3 is 2.31 bits per heavy atom. The monoisotopic (exact) mass is 383 g/mol. The lowest BCUT2D eigenvalue weighted by atomic mass is 10.0. The van der Waals surface area contributed by atoms with Crippen molar-refractivity contribution >= 4 is 29.6 Å². The first-order valence-corrected chi connectivity index (χ1v) is 9.14. The van der Waals surface area contributed by atoms with Gasteiger partial charge >= 0.3 is 11.9 Å². The van der Waals surface area contributed by atoms with E-state index in [-0.39, 0.29) is 11.7 Å². The minimum atomic E-state index is -0.750. The van der Waals surface area contributed by atoms with Crippen LogP contribution in [0.15, 0.2) is 29.2 Å². The second-order valence-electron chi connectivity index (χ2n) is 5.90. The molecule has 1 aromatic carbocycles. The van der Waals surface area contributed by atoms with Gasteiger partial charge in [-0.2, -0.15) is 0 Å². The number of nitrogens with one attached hydrogen (secondary N) is 1. The average molecular weight is 383 g/mol. The third kappa shape index (κ3) is 8.24. The van der Waals surface area contributed by atoms with Crippen LogP contribution < -0.4 is 10.1 Å². The molecule has 1 rings (SSSR count). The van der Waals surface area contributed by atoms with Crippen molar-refractivity contribution in [2.75, 3.05) is 26.6 Å². The molecular weight excluding hydrogens is 358 g/mol. The lowest BCUT2D eigenvalue weighted by molar-refractivity contribution is -0.149. The third-order valence-corrected chi connectivity index (χ3v) is 4.29. The number of carbonyl (C=O) groups is 3. The Morgan fingerprint density at radius 1 is 1.12 bits per heavy atom. The minimum absolute atomic E-state index is 0.0754. The van der Waals surface area contributed by atoms with Crippen molar-refractivity contribution in [1.82, 2.24) is 5.32 Å². The summed E-state index contributed by atoms with van der Waals surface area (Å²) in [5.74, 6) is -0.568. The lowest BCUT2D eigenvalue weighted by Gasteiger charge is -2.18. The molecule has 0 unspecified atom stereocenters. The van der Waals surface area contributed by atoms with E-state index in [0.29, 0.717) is 6.42 Å². The van der Waals surface area contributed by atoms with Gasteiger partial charge < -0.3 is 19.5 Å². The van der Waals surface area contributed by atoms with Crippen LogP contribution in [0.25, 0.3) is 0 Å². The number of carbonyl (C=O) groups excluding carboxylic acids is 3. The molecule has 0 saturated carbocycles. The number of rotatable bonds is 10. The van der Waals surface area contributed by atoms with E-state index in [0.717, 1.165) is 10.6 Å². The maximum Gasteiger partial charge on any atom is 0.328 e. The molecule has 0 fully saturated rings. The summed E-state index contributed by atoms with van der Waals surface area (Å²) in [6.45, 7) is 3.42. The van der Waals surface area contributed by atoms with Gasteiger partial charge in [-0.3, -0.25) is 9.59 Å². The Morgan fingerprint density at radius 2 is 1.77 bits per heavy atom. The van der Waals surface area contributed by atoms with Gasteiger partial charge in [0.15, 0.2) is 6.61 Å². The Kier molecular flexibility index (Phi) is 9.57. The Balaban J connectivity index is 2.37. The van der Waals surface area contributed by atoms with Crippen molar-refractivity contribution in [2.24, 2.45) is 5.92 Å². The Bertz CT molecular complexity index is 602. The number of benzene rings is 1. The van der Waals surface area contributed by atoms with E-state index in [1.807, 2.05) is 26.0 Å². The van der Waals surface area contributed by atoms with Gasteiger partial charge in [-0.15, -0.1) is 11.8 Å². The zero-order valence-corrected chi connectivity index (χ0v) is 16.3. The van der Waals surface area contributed by atoms with Crippen LogP contribution in [0.2, 0.25) is 0 Å². The molecule has 0 radical (unpaired) electrons. The highest BCUT2D eigenvalue weighted by Crippen LogP contribution is 2.21. The molecule has 0 aliphatic carbocycles. The van der Waals surface area contributed by atoms with Crippen LogP contribution in [-0.2, 0) is 23.9 Å². The summed E-state index contributed by atoms with van der Waals surface area (Å²) in [4.78, 5) is 36.2. The highest BCUT2D eigenvalue weighted by molar-refractivity contribution is 8.00. The van der Waals surface area contributed by atoms with Crippen molar-refractivity contribution in [3.63, 3.8) is 0 Å². The zero-order chi connectivity index (χ0) is 19.5. The smallest absolute Gasteiger partial charge is 0.328 e. The predicted octanol–water partition coefficient (Wildman–Crippen LogP) is 2.03. The fourth-order valence-corrected chi connectivity index (χ4v) is 2.76. The van der Waals surface area contributed by atoms with Gasteiger partial charge in [0.1, 0.15) is 11.8 Å². The van der Waals surface area contributed by atoms with Crippen molar-refractivity contribution in [3.8, 4) is 5.75 Å². The third-order valence-electron chi connectivity index (χ3n) is 3.31. The normalized spacial score (nSPS) is 11.6. The van der Waals surface area contributed by atoms with Gasteiger partial charge in [0.05, 0.1) is 20.0 Å². The summed E-state index contributed by atoms with van der Waals surface area (Å²) in [7, 11) is 2.84. The molecule has 0 saturated heterocycles. The van der Waals surface area contributed by atoms with Gasteiger partial charge in [-0.1, -0.05) is 13.8 Å². The van der Waals surface area contributed by atoms with E-state index < -0.39 is 30.5 Å². The van der Waals surface area contributed by atoms with Crippen molar-refractivity contribution in [1.29, 1.82) is 0 Å². The predicted molar refractivity (Wildman–Crippen MR) is 98.1 cm³/mol. The number of methoxy groups -OCH3 is 2. The summed E-state index contributed by atoms with van der Waals surface area (Å²) in [6.07, 6.45) is 0.444. The fourth-order valence-electron chi connectivity index (χ4n) is 2.07. The van der Waals surface area contributed by atoms with Crippen LogP contribution in [0.4, 0.5) is 0 Å². The molecule has 0 aliphatic rings. The van der Waals surface area contributed by atoms with E-state index >= 15 is 0 Å². The quantitative estimate of drug-likeness (QED) is 0.488. The molecular formula is C18H25NO6S. The molecule has 0 heterocycles. The molecule has 0 aromatic heterocycles. The van der Waals surface area contributed by atoms with Gasteiger partial charge in [0, 0.05) is 4.90 Å². The van der Waals surface area contributed by atoms with E-state index in [1.54, 1.807) is 19.2 Å². The summed E-state index contributed by atoms with van der Waals surface area (Å²) in [6, 6.07) is 6.50. The van der Waals surface area contributed by atoms with Gasteiger partial charge in [-0.25, -0.2) is 4.79 Å². The lowest BCUT2D eigenvalue weighted by Crippen LogP contribution is -2.44. The molecule has 1 atom stereocenters. The Hall–Kier alpha value is -2.22. The van der Waals surface area contributed by atoms with Crippen molar-refractivity contribution in [2.45, 2.75) is 31.2 Å². The summed E-state index contributed by atoms with van der Waals surface area (Å²) in [5.41, 5.74) is 0. The fraction of sp³-hybridized carbons (Fsp3) is 0.500. The molecule has 0 bridgehead atoms. The van der Waals surface area contributed by atoms with E-state index in [9.17, 15) is 14.4 Å². The standard InChI is InChI=1S/C18H25NO6S/c1-12(2)9-15(18(22)24-4)19-16(20)10-25-17(21)11-26-14-7-5-13(23-3)6-8-14/h5-8,12,15H,9-11H2,1-4H3,(H,19,20)/t15-/m1/s1. The van der Waals surface area contributed by atoms with Crippen LogP contribution in [-0.4, -0.2) is 50.5 Å². The van der Waals surface area contributed by atoms with E-state index in [2.05, 4.69) is 10.1 Å². The Labute approximate surface area is 157 Å². The number of hydrogen-bond acceptors (Lipinski definition) is 7. The molecule has 0 aliphatic heterocycles. The maximum atomic E-state index is 11.9. The van der Waals surface area contributed by atoms with Crippen LogP contribution in [0, 0.1) is 5.92 Å². The second kappa shape index (κ2) is 11.4. The first-order chi connectivity index (χ1) is 12.3. The van der Waals surface area contributed by atoms with Crippen molar-refractivity contribution < 1.29 is 28.6 Å². The highest BCUT2D eigenvalue weighted by Gasteiger charge is 2.23.